The van der Waals surface area contributed by atoms with Crippen molar-refractivity contribution in [1.29, 1.82) is 0 Å². The van der Waals surface area contributed by atoms with Crippen molar-refractivity contribution < 1.29 is 41.1 Å². The van der Waals surface area contributed by atoms with Crippen molar-refractivity contribution in [2.75, 3.05) is 26.9 Å². The van der Waals surface area contributed by atoms with Crippen molar-refractivity contribution in [2.24, 2.45) is 0 Å². The van der Waals surface area contributed by atoms with Crippen LogP contribution in [-0.4, -0.2) is 73.2 Å². The molecule has 0 fully saturated rings. The lowest BCUT2D eigenvalue weighted by Gasteiger charge is -2.17. The fourth-order valence-electron chi connectivity index (χ4n) is 4.45. The molecular weight excluding hydrogens is 695 g/mol. The first kappa shape index (κ1) is 35.6. The number of aromatic nitrogens is 4. The Labute approximate surface area is 291 Å². The topological polar surface area (TPSA) is 173 Å². The number of esters is 1. The molecule has 0 saturated carbocycles. The molecule has 1 amide bonds. The van der Waals surface area contributed by atoms with Crippen molar-refractivity contribution in [3.05, 3.63) is 93.7 Å². The molecule has 3 aromatic carbocycles. The highest BCUT2D eigenvalue weighted by atomic mass is 32.2. The number of hydrogen-bond donors (Lipinski definition) is 2. The summed E-state index contributed by atoms with van der Waals surface area (Å²) in [4.78, 5) is 28.3. The lowest BCUT2D eigenvalue weighted by molar-refractivity contribution is -0.147. The molecule has 5 aromatic rings. The van der Waals surface area contributed by atoms with Crippen LogP contribution in [-0.2, 0) is 53.1 Å². The predicted molar refractivity (Wildman–Crippen MR) is 181 cm³/mol. The molecule has 17 heteroatoms. The third-order valence-corrected chi connectivity index (χ3v) is 9.37. The number of hydrogen-bond acceptors (Lipinski definition) is 13. The highest BCUT2D eigenvalue weighted by molar-refractivity contribution is 7.86. The van der Waals surface area contributed by atoms with Gasteiger partial charge in [-0.1, -0.05) is 35.0 Å². The number of fused-ring (bicyclic) bond motifs is 1. The Balaban J connectivity index is 1.05. The van der Waals surface area contributed by atoms with Crippen LogP contribution < -0.4 is 14.8 Å². The van der Waals surface area contributed by atoms with Gasteiger partial charge in [0.25, 0.3) is 10.1 Å². The first-order chi connectivity index (χ1) is 23.6. The molecule has 2 heterocycles. The van der Waals surface area contributed by atoms with Crippen LogP contribution in [0.3, 0.4) is 0 Å². The van der Waals surface area contributed by atoms with Crippen molar-refractivity contribution in [3.63, 3.8) is 0 Å². The van der Waals surface area contributed by atoms with E-state index in [0.29, 0.717) is 21.1 Å². The van der Waals surface area contributed by atoms with E-state index in [9.17, 15) is 18.0 Å². The smallest absolute Gasteiger partial charge is 0.330 e. The number of nitrogens with zero attached hydrogens (tertiary/aromatic N) is 3. The second-order valence-electron chi connectivity index (χ2n) is 10.6. The van der Waals surface area contributed by atoms with E-state index >= 15 is 0 Å². The maximum absolute atomic E-state index is 12.7. The van der Waals surface area contributed by atoms with E-state index in [1.165, 1.54) is 35.3 Å². The quantitative estimate of drug-likeness (QED) is 0.0609. The molecule has 49 heavy (non-hydrogen) atoms. The maximum atomic E-state index is 12.7. The lowest BCUT2D eigenvalue weighted by Crippen LogP contribution is -2.45. The average molecular weight is 728 g/mol. The molecule has 0 aliphatic rings. The Kier molecular flexibility index (Phi) is 12.1. The summed E-state index contributed by atoms with van der Waals surface area (Å²) < 4.78 is 54.7. The minimum absolute atomic E-state index is 0.00650. The van der Waals surface area contributed by atoms with Gasteiger partial charge in [-0.05, 0) is 67.2 Å². The highest BCUT2D eigenvalue weighted by Gasteiger charge is 2.22. The Bertz CT molecular complexity index is 2060. The molecule has 0 aliphatic carbocycles. The van der Waals surface area contributed by atoms with Crippen LogP contribution in [0.2, 0.25) is 0 Å². The van der Waals surface area contributed by atoms with E-state index in [2.05, 4.69) is 20.6 Å². The molecule has 2 aromatic heterocycles. The normalized spacial score (nSPS) is 12.0. The average Bonchev–Trinajstić information content (AvgIpc) is 3.69. The SMILES string of the molecule is COC(=O)[C@H](COCc1cccc(OCCOS(=O)(=O)c2ccc(C)cc2)c1)NC(=O)Cn1cc(COc2ccc3[nH]c(=S)sc3c2)nn1. The number of carbonyl (C=O) groups is 2. The Morgan fingerprint density at radius 3 is 2.61 bits per heavy atom. The molecule has 0 spiro atoms. The summed E-state index contributed by atoms with van der Waals surface area (Å²) in [5.41, 5.74) is 3.10. The lowest BCUT2D eigenvalue weighted by atomic mass is 10.2. The van der Waals surface area contributed by atoms with Gasteiger partial charge >= 0.3 is 5.97 Å². The summed E-state index contributed by atoms with van der Waals surface area (Å²) >= 11 is 6.63. The summed E-state index contributed by atoms with van der Waals surface area (Å²) in [6.45, 7) is 1.55. The van der Waals surface area contributed by atoms with E-state index in [0.717, 1.165) is 21.3 Å². The van der Waals surface area contributed by atoms with Crippen LogP contribution in [0, 0.1) is 10.9 Å². The van der Waals surface area contributed by atoms with Crippen LogP contribution in [0.1, 0.15) is 16.8 Å². The number of methoxy groups -OCH3 is 1. The van der Waals surface area contributed by atoms with Crippen LogP contribution >= 0.6 is 23.6 Å². The van der Waals surface area contributed by atoms with Crippen molar-refractivity contribution in [1.82, 2.24) is 25.3 Å². The zero-order valence-electron chi connectivity index (χ0n) is 26.5. The van der Waals surface area contributed by atoms with Gasteiger partial charge < -0.3 is 29.2 Å². The molecule has 0 aliphatic heterocycles. The first-order valence-electron chi connectivity index (χ1n) is 14.9. The van der Waals surface area contributed by atoms with Gasteiger partial charge in [-0.2, -0.15) is 8.42 Å². The fraction of sp³-hybridized carbons (Fsp3) is 0.281. The first-order valence-corrected chi connectivity index (χ1v) is 17.5. The van der Waals surface area contributed by atoms with Gasteiger partial charge in [-0.25, -0.2) is 9.48 Å². The Morgan fingerprint density at radius 2 is 1.82 bits per heavy atom. The second kappa shape index (κ2) is 16.6. The number of aromatic amines is 1. The van der Waals surface area contributed by atoms with Crippen LogP contribution in [0.5, 0.6) is 11.5 Å². The zero-order valence-corrected chi connectivity index (χ0v) is 28.9. The third kappa shape index (κ3) is 10.4. The van der Waals surface area contributed by atoms with E-state index in [4.69, 9.17) is 35.3 Å². The van der Waals surface area contributed by atoms with Gasteiger partial charge in [-0.3, -0.25) is 8.98 Å². The Morgan fingerprint density at radius 1 is 1.02 bits per heavy atom. The Hall–Kier alpha value is -4.68. The summed E-state index contributed by atoms with van der Waals surface area (Å²) in [6, 6.07) is 17.8. The van der Waals surface area contributed by atoms with Crippen molar-refractivity contribution in [3.8, 4) is 11.5 Å². The number of ether oxygens (including phenoxy) is 4. The molecule has 2 N–H and O–H groups in total. The van der Waals surface area contributed by atoms with Crippen molar-refractivity contribution in [2.45, 2.75) is 37.6 Å². The molecule has 5 rings (SSSR count). The molecule has 0 bridgehead atoms. The van der Waals surface area contributed by atoms with Crippen molar-refractivity contribution >= 4 is 55.8 Å². The predicted octanol–water partition coefficient (Wildman–Crippen LogP) is 4.10. The van der Waals surface area contributed by atoms with E-state index < -0.39 is 28.0 Å². The van der Waals surface area contributed by atoms with Gasteiger partial charge in [0.05, 0.1) is 41.6 Å². The molecule has 0 saturated heterocycles. The van der Waals surface area contributed by atoms with Crippen LogP contribution in [0.4, 0.5) is 0 Å². The monoisotopic (exact) mass is 727 g/mol. The number of rotatable bonds is 17. The number of carbonyl (C=O) groups excluding carboxylic acids is 2. The van der Waals surface area contributed by atoms with Gasteiger partial charge in [0.15, 0.2) is 10.00 Å². The molecule has 1 atom stereocenters. The molecule has 258 valence electrons. The largest absolute Gasteiger partial charge is 0.491 e. The second-order valence-corrected chi connectivity index (χ2v) is 13.9. The molecule has 0 radical (unpaired) electrons. The van der Waals surface area contributed by atoms with Gasteiger partial charge in [0.2, 0.25) is 5.91 Å². The highest BCUT2D eigenvalue weighted by Crippen LogP contribution is 2.25. The minimum atomic E-state index is -3.90. The number of H-pyrrole nitrogens is 1. The minimum Gasteiger partial charge on any atom is -0.491 e. The molecule has 0 unspecified atom stereocenters. The number of thiazole rings is 1. The van der Waals surface area contributed by atoms with E-state index in [-0.39, 0.29) is 44.5 Å². The molecule has 14 nitrogen and oxygen atoms in total. The number of benzene rings is 3. The number of amides is 1. The van der Waals surface area contributed by atoms with Gasteiger partial charge in [0.1, 0.15) is 43.6 Å². The fourth-order valence-corrected chi connectivity index (χ4v) is 6.49. The zero-order chi connectivity index (χ0) is 34.8. The summed E-state index contributed by atoms with van der Waals surface area (Å²) in [7, 11) is -2.68. The summed E-state index contributed by atoms with van der Waals surface area (Å²) in [6.07, 6.45) is 1.58. The van der Waals surface area contributed by atoms with Gasteiger partial charge in [-0.15, -0.1) is 16.4 Å². The van der Waals surface area contributed by atoms with E-state index in [1.54, 1.807) is 42.6 Å². The van der Waals surface area contributed by atoms with Gasteiger partial charge in [0, 0.05) is 0 Å². The summed E-state index contributed by atoms with van der Waals surface area (Å²) in [5, 5.41) is 10.6. The number of aryl methyl sites for hydroxylation is 1. The maximum Gasteiger partial charge on any atom is 0.330 e. The van der Waals surface area contributed by atoms with Crippen LogP contribution in [0.25, 0.3) is 10.2 Å². The third-order valence-electron chi connectivity index (χ3n) is 6.84. The number of nitrogens with one attached hydrogen (secondary N) is 2. The van der Waals surface area contributed by atoms with Crippen LogP contribution in [0.15, 0.2) is 77.8 Å². The van der Waals surface area contributed by atoms with E-state index in [1.807, 2.05) is 25.1 Å². The summed E-state index contributed by atoms with van der Waals surface area (Å²) in [5.74, 6) is -0.0669. The standard InChI is InChI=1S/C32H33N5O9S3/c1-21-6-9-26(10-7-21)49(40,41)46-13-12-44-24-5-3-4-22(14-24)18-43-20-28(31(39)42-2)33-30(38)17-37-16-23(35-36-37)19-45-25-8-11-27-29(15-25)48-32(47)34-27/h3-11,14-16,28H,12-13,17-20H2,1-2H3,(H,33,38)(H,34,47)/t28-/m0/s1. The molecular formula is C32H33N5O9S3.